The Balaban J connectivity index is 2.49. The van der Waals surface area contributed by atoms with Gasteiger partial charge in [-0.1, -0.05) is 26.2 Å². The van der Waals surface area contributed by atoms with E-state index in [0.717, 1.165) is 19.6 Å². The second kappa shape index (κ2) is 8.48. The van der Waals surface area contributed by atoms with Crippen molar-refractivity contribution in [2.75, 3.05) is 26.2 Å². The van der Waals surface area contributed by atoms with E-state index in [4.69, 9.17) is 4.74 Å². The molecule has 0 spiro atoms. The highest BCUT2D eigenvalue weighted by Gasteiger charge is 2.32. The highest BCUT2D eigenvalue weighted by molar-refractivity contribution is 5.76. The molecule has 0 amide bonds. The fourth-order valence-corrected chi connectivity index (χ4v) is 2.56. The van der Waals surface area contributed by atoms with Gasteiger partial charge in [-0.15, -0.1) is 0 Å². The van der Waals surface area contributed by atoms with E-state index in [1.165, 1.54) is 25.7 Å². The predicted octanol–water partition coefficient (Wildman–Crippen LogP) is 1.79. The number of carbonyl (C=O) groups excluding carboxylic acids is 1. The summed E-state index contributed by atoms with van der Waals surface area (Å²) in [6, 6.07) is 0.364. The Morgan fingerprint density at radius 1 is 1.44 bits per heavy atom. The summed E-state index contributed by atoms with van der Waals surface area (Å²) in [6.07, 6.45) is 4.94. The number of hydrogen-bond donors (Lipinski definition) is 1. The summed E-state index contributed by atoms with van der Waals surface area (Å²) >= 11 is 0. The lowest BCUT2D eigenvalue weighted by Gasteiger charge is -2.38. The summed E-state index contributed by atoms with van der Waals surface area (Å²) in [6.45, 7) is 9.41. The van der Waals surface area contributed by atoms with Crippen LogP contribution in [0.15, 0.2) is 0 Å². The zero-order chi connectivity index (χ0) is 13.4. The third-order valence-corrected chi connectivity index (χ3v) is 3.64. The quantitative estimate of drug-likeness (QED) is 0.557. The van der Waals surface area contributed by atoms with Gasteiger partial charge in [0.2, 0.25) is 0 Å². The van der Waals surface area contributed by atoms with E-state index >= 15 is 0 Å². The van der Waals surface area contributed by atoms with Crippen LogP contribution < -0.4 is 5.32 Å². The van der Waals surface area contributed by atoms with Gasteiger partial charge in [0.25, 0.3) is 0 Å². The molecule has 0 bridgehead atoms. The van der Waals surface area contributed by atoms with Crippen molar-refractivity contribution >= 4 is 5.97 Å². The van der Waals surface area contributed by atoms with Crippen molar-refractivity contribution in [2.24, 2.45) is 0 Å². The number of rotatable bonds is 7. The molecule has 4 heteroatoms. The summed E-state index contributed by atoms with van der Waals surface area (Å²) in [5.74, 6) is -0.0768. The zero-order valence-electron chi connectivity index (χ0n) is 12.1. The number of esters is 1. The van der Waals surface area contributed by atoms with Crippen LogP contribution in [-0.2, 0) is 9.53 Å². The van der Waals surface area contributed by atoms with Crippen LogP contribution in [0.2, 0.25) is 0 Å². The van der Waals surface area contributed by atoms with Crippen LogP contribution in [0.25, 0.3) is 0 Å². The summed E-state index contributed by atoms with van der Waals surface area (Å²) in [5.41, 5.74) is 0. The van der Waals surface area contributed by atoms with Crippen molar-refractivity contribution in [1.82, 2.24) is 10.2 Å². The van der Waals surface area contributed by atoms with Crippen LogP contribution in [0.3, 0.4) is 0 Å². The molecule has 1 heterocycles. The third kappa shape index (κ3) is 4.58. The van der Waals surface area contributed by atoms with E-state index in [0.29, 0.717) is 12.6 Å². The lowest BCUT2D eigenvalue weighted by Crippen LogP contribution is -2.58. The number of carbonyl (C=O) groups is 1. The summed E-state index contributed by atoms with van der Waals surface area (Å²) in [7, 11) is 0. The summed E-state index contributed by atoms with van der Waals surface area (Å²) in [4.78, 5) is 14.2. The molecule has 0 radical (unpaired) electrons. The van der Waals surface area contributed by atoms with E-state index < -0.39 is 0 Å². The van der Waals surface area contributed by atoms with Gasteiger partial charge in [0, 0.05) is 25.7 Å². The Morgan fingerprint density at radius 2 is 2.22 bits per heavy atom. The lowest BCUT2D eigenvalue weighted by atomic mass is 10.0. The number of nitrogens with one attached hydrogen (secondary N) is 1. The maximum absolute atomic E-state index is 11.9. The normalized spacial score (nSPS) is 22.7. The standard InChI is InChI=1S/C14H28N2O2/c1-4-6-7-8-12(3)16-10-9-15-11-13(16)14(17)18-5-2/h12-13,15H,4-11H2,1-3H3. The Morgan fingerprint density at radius 3 is 2.89 bits per heavy atom. The van der Waals surface area contributed by atoms with Crippen molar-refractivity contribution in [1.29, 1.82) is 0 Å². The molecule has 2 unspecified atom stereocenters. The smallest absolute Gasteiger partial charge is 0.324 e. The first-order chi connectivity index (χ1) is 8.70. The first-order valence-electron chi connectivity index (χ1n) is 7.33. The molecule has 0 saturated carbocycles. The monoisotopic (exact) mass is 256 g/mol. The summed E-state index contributed by atoms with van der Waals surface area (Å²) in [5, 5.41) is 3.28. The zero-order valence-corrected chi connectivity index (χ0v) is 12.1. The number of hydrogen-bond acceptors (Lipinski definition) is 4. The van der Waals surface area contributed by atoms with Gasteiger partial charge < -0.3 is 10.1 Å². The molecule has 18 heavy (non-hydrogen) atoms. The Hall–Kier alpha value is -0.610. The van der Waals surface area contributed by atoms with Crippen molar-refractivity contribution < 1.29 is 9.53 Å². The Bertz CT molecular complexity index is 246. The highest BCUT2D eigenvalue weighted by atomic mass is 16.5. The Kier molecular flexibility index (Phi) is 7.28. The van der Waals surface area contributed by atoms with Gasteiger partial charge in [0.1, 0.15) is 6.04 Å². The van der Waals surface area contributed by atoms with Crippen molar-refractivity contribution in [3.05, 3.63) is 0 Å². The molecule has 1 saturated heterocycles. The molecule has 1 aliphatic heterocycles. The van der Waals surface area contributed by atoms with Crippen LogP contribution in [0.4, 0.5) is 0 Å². The van der Waals surface area contributed by atoms with Crippen molar-refractivity contribution in [3.8, 4) is 0 Å². The third-order valence-electron chi connectivity index (χ3n) is 3.64. The first kappa shape index (κ1) is 15.4. The van der Waals surface area contributed by atoms with Gasteiger partial charge in [-0.05, 0) is 20.3 Å². The Labute approximate surface area is 111 Å². The van der Waals surface area contributed by atoms with Crippen LogP contribution in [0.5, 0.6) is 0 Å². The maximum Gasteiger partial charge on any atom is 0.324 e. The average molecular weight is 256 g/mol. The molecule has 106 valence electrons. The first-order valence-corrected chi connectivity index (χ1v) is 7.33. The van der Waals surface area contributed by atoms with Gasteiger partial charge in [0.15, 0.2) is 0 Å². The average Bonchev–Trinajstić information content (AvgIpc) is 2.39. The second-order valence-corrected chi connectivity index (χ2v) is 5.05. The van der Waals surface area contributed by atoms with E-state index in [-0.39, 0.29) is 12.0 Å². The molecule has 1 aliphatic rings. The van der Waals surface area contributed by atoms with Gasteiger partial charge in [-0.3, -0.25) is 9.69 Å². The molecule has 0 aromatic heterocycles. The van der Waals surface area contributed by atoms with Gasteiger partial charge in [-0.25, -0.2) is 0 Å². The molecular weight excluding hydrogens is 228 g/mol. The van der Waals surface area contributed by atoms with Gasteiger partial charge in [0.05, 0.1) is 6.61 Å². The molecular formula is C14H28N2O2. The minimum Gasteiger partial charge on any atom is -0.465 e. The molecule has 0 aromatic rings. The van der Waals surface area contributed by atoms with E-state index in [1.807, 2.05) is 6.92 Å². The van der Waals surface area contributed by atoms with Crippen LogP contribution in [0, 0.1) is 0 Å². The topological polar surface area (TPSA) is 41.6 Å². The number of ether oxygens (including phenoxy) is 1. The molecule has 4 nitrogen and oxygen atoms in total. The predicted molar refractivity (Wildman–Crippen MR) is 73.6 cm³/mol. The fraction of sp³-hybridized carbons (Fsp3) is 0.929. The summed E-state index contributed by atoms with van der Waals surface area (Å²) < 4.78 is 5.17. The second-order valence-electron chi connectivity index (χ2n) is 5.05. The molecule has 0 aliphatic carbocycles. The van der Waals surface area contributed by atoms with Crippen LogP contribution >= 0.6 is 0 Å². The maximum atomic E-state index is 11.9. The van der Waals surface area contributed by atoms with Crippen LogP contribution in [-0.4, -0.2) is 49.2 Å². The minimum atomic E-state index is -0.102. The largest absolute Gasteiger partial charge is 0.465 e. The van der Waals surface area contributed by atoms with Gasteiger partial charge >= 0.3 is 5.97 Å². The number of piperazine rings is 1. The van der Waals surface area contributed by atoms with Crippen molar-refractivity contribution in [3.63, 3.8) is 0 Å². The number of unbranched alkanes of at least 4 members (excludes halogenated alkanes) is 2. The molecule has 1 N–H and O–H groups in total. The molecule has 1 rings (SSSR count). The van der Waals surface area contributed by atoms with Crippen LogP contribution in [0.1, 0.15) is 46.5 Å². The molecule has 0 aromatic carbocycles. The van der Waals surface area contributed by atoms with Crippen molar-refractivity contribution in [2.45, 2.75) is 58.5 Å². The number of nitrogens with zero attached hydrogens (tertiary/aromatic N) is 1. The van der Waals surface area contributed by atoms with E-state index in [1.54, 1.807) is 0 Å². The SMILES string of the molecule is CCCCCC(C)N1CCNCC1C(=O)OCC. The fourth-order valence-electron chi connectivity index (χ4n) is 2.56. The van der Waals surface area contributed by atoms with Gasteiger partial charge in [-0.2, -0.15) is 0 Å². The highest BCUT2D eigenvalue weighted by Crippen LogP contribution is 2.15. The van der Waals surface area contributed by atoms with E-state index in [2.05, 4.69) is 24.1 Å². The van der Waals surface area contributed by atoms with E-state index in [9.17, 15) is 4.79 Å². The molecule has 1 fully saturated rings. The lowest BCUT2D eigenvalue weighted by molar-refractivity contribution is -0.151. The molecule has 2 atom stereocenters. The minimum absolute atomic E-state index is 0.0768.